The van der Waals surface area contributed by atoms with Crippen molar-refractivity contribution in [1.29, 1.82) is 0 Å². The Morgan fingerprint density at radius 2 is 2.25 bits per heavy atom. The number of nitrogens with one attached hydrogen (secondary N) is 2. The number of amides is 1. The normalized spacial score (nSPS) is 14.3. The first-order chi connectivity index (χ1) is 9.56. The Bertz CT molecular complexity index is 676. The summed E-state index contributed by atoms with van der Waals surface area (Å²) in [6, 6.07) is 5.29. The van der Waals surface area contributed by atoms with E-state index in [4.69, 9.17) is 17.3 Å². The summed E-state index contributed by atoms with van der Waals surface area (Å²) in [5.74, 6) is 0.123. The Kier molecular flexibility index (Phi) is 3.14. The molecule has 104 valence electrons. The highest BCUT2D eigenvalue weighted by Crippen LogP contribution is 2.42. The number of carbonyl (C=O) groups excluding carboxylic acids is 1. The van der Waals surface area contributed by atoms with Crippen LogP contribution in [0.3, 0.4) is 0 Å². The maximum atomic E-state index is 12.2. The van der Waals surface area contributed by atoms with Gasteiger partial charge in [0.05, 0.1) is 11.4 Å². The fourth-order valence-electron chi connectivity index (χ4n) is 2.17. The zero-order valence-electron chi connectivity index (χ0n) is 11.0. The van der Waals surface area contributed by atoms with Crippen molar-refractivity contribution in [2.24, 2.45) is 0 Å². The SMILES string of the molecule is Cc1cc(Cl)ccc1NC(=O)c1n[nH]c(C2CC2)c1N. The second-order valence-electron chi connectivity index (χ2n) is 5.09. The second kappa shape index (κ2) is 4.83. The predicted octanol–water partition coefficient (Wildman–Crippen LogP) is 3.08. The van der Waals surface area contributed by atoms with Crippen molar-refractivity contribution in [2.75, 3.05) is 11.1 Å². The fourth-order valence-corrected chi connectivity index (χ4v) is 2.40. The van der Waals surface area contributed by atoms with E-state index in [-0.39, 0.29) is 11.6 Å². The van der Waals surface area contributed by atoms with Gasteiger partial charge >= 0.3 is 0 Å². The molecule has 0 aliphatic heterocycles. The quantitative estimate of drug-likeness (QED) is 0.812. The molecule has 1 saturated carbocycles. The van der Waals surface area contributed by atoms with Gasteiger partial charge in [-0.25, -0.2) is 0 Å². The van der Waals surface area contributed by atoms with Crippen LogP contribution in [0.5, 0.6) is 0 Å². The highest BCUT2D eigenvalue weighted by Gasteiger charge is 2.30. The number of aromatic nitrogens is 2. The van der Waals surface area contributed by atoms with Gasteiger partial charge in [0.15, 0.2) is 5.69 Å². The Balaban J connectivity index is 1.82. The highest BCUT2D eigenvalue weighted by molar-refractivity contribution is 6.30. The van der Waals surface area contributed by atoms with Crippen LogP contribution in [0.4, 0.5) is 11.4 Å². The van der Waals surface area contributed by atoms with Crippen molar-refractivity contribution < 1.29 is 4.79 Å². The molecule has 4 N–H and O–H groups in total. The van der Waals surface area contributed by atoms with Gasteiger partial charge in [-0.3, -0.25) is 9.89 Å². The molecule has 1 aromatic carbocycles. The zero-order valence-corrected chi connectivity index (χ0v) is 11.8. The smallest absolute Gasteiger partial charge is 0.278 e. The van der Waals surface area contributed by atoms with E-state index < -0.39 is 0 Å². The van der Waals surface area contributed by atoms with Gasteiger partial charge in [0.1, 0.15) is 0 Å². The van der Waals surface area contributed by atoms with Crippen molar-refractivity contribution in [3.05, 3.63) is 40.2 Å². The molecule has 0 unspecified atom stereocenters. The summed E-state index contributed by atoms with van der Waals surface area (Å²) in [5.41, 5.74) is 9.16. The molecule has 0 atom stereocenters. The van der Waals surface area contributed by atoms with Gasteiger partial charge in [-0.05, 0) is 43.5 Å². The number of aromatic amines is 1. The number of nitrogen functional groups attached to an aromatic ring is 1. The number of hydrogen-bond acceptors (Lipinski definition) is 3. The number of benzene rings is 1. The van der Waals surface area contributed by atoms with E-state index in [1.165, 1.54) is 0 Å². The molecule has 1 aliphatic rings. The van der Waals surface area contributed by atoms with Gasteiger partial charge in [-0.1, -0.05) is 11.6 Å². The van der Waals surface area contributed by atoms with Crippen LogP contribution in [0, 0.1) is 6.92 Å². The number of rotatable bonds is 3. The first-order valence-corrected chi connectivity index (χ1v) is 6.85. The minimum absolute atomic E-state index is 0.251. The molecule has 0 radical (unpaired) electrons. The van der Waals surface area contributed by atoms with Crippen LogP contribution in [0.25, 0.3) is 0 Å². The van der Waals surface area contributed by atoms with E-state index in [0.717, 1.165) is 24.1 Å². The Labute approximate surface area is 121 Å². The van der Waals surface area contributed by atoms with Crippen LogP contribution in [-0.2, 0) is 0 Å². The predicted molar refractivity (Wildman–Crippen MR) is 79.1 cm³/mol. The van der Waals surface area contributed by atoms with Gasteiger partial charge in [0.25, 0.3) is 5.91 Å². The summed E-state index contributed by atoms with van der Waals surface area (Å²) in [5, 5.41) is 10.3. The van der Waals surface area contributed by atoms with E-state index in [1.54, 1.807) is 18.2 Å². The molecule has 6 heteroatoms. The van der Waals surface area contributed by atoms with Gasteiger partial charge < -0.3 is 11.1 Å². The largest absolute Gasteiger partial charge is 0.395 e. The molecule has 1 aliphatic carbocycles. The van der Waals surface area contributed by atoms with Crippen LogP contribution < -0.4 is 11.1 Å². The molecular formula is C14H15ClN4O. The Morgan fingerprint density at radius 1 is 1.50 bits per heavy atom. The van der Waals surface area contributed by atoms with Crippen molar-refractivity contribution in [1.82, 2.24) is 10.2 Å². The third kappa shape index (κ3) is 2.36. The second-order valence-corrected chi connectivity index (χ2v) is 5.52. The van der Waals surface area contributed by atoms with E-state index in [1.807, 2.05) is 6.92 Å². The molecule has 1 aromatic heterocycles. The first-order valence-electron chi connectivity index (χ1n) is 6.47. The average molecular weight is 291 g/mol. The van der Waals surface area contributed by atoms with Crippen molar-refractivity contribution in [3.63, 3.8) is 0 Å². The molecular weight excluding hydrogens is 276 g/mol. The first kappa shape index (κ1) is 13.0. The third-order valence-corrected chi connectivity index (χ3v) is 3.71. The topological polar surface area (TPSA) is 83.8 Å². The Morgan fingerprint density at radius 3 is 2.90 bits per heavy atom. The zero-order chi connectivity index (χ0) is 14.3. The molecule has 5 nitrogen and oxygen atoms in total. The number of H-pyrrole nitrogens is 1. The number of nitrogens with zero attached hydrogens (tertiary/aromatic N) is 1. The van der Waals surface area contributed by atoms with Crippen molar-refractivity contribution in [2.45, 2.75) is 25.7 Å². The van der Waals surface area contributed by atoms with Gasteiger partial charge in [-0.2, -0.15) is 5.10 Å². The number of nitrogens with two attached hydrogens (primary N) is 1. The number of anilines is 2. The highest BCUT2D eigenvalue weighted by atomic mass is 35.5. The monoisotopic (exact) mass is 290 g/mol. The number of hydrogen-bond donors (Lipinski definition) is 3. The lowest BCUT2D eigenvalue weighted by Crippen LogP contribution is -2.15. The number of carbonyl (C=O) groups is 1. The summed E-state index contributed by atoms with van der Waals surface area (Å²) >= 11 is 5.89. The van der Waals surface area contributed by atoms with Crippen LogP contribution in [0.1, 0.15) is 40.5 Å². The average Bonchev–Trinajstić information content (AvgIpc) is 3.16. The lowest BCUT2D eigenvalue weighted by atomic mass is 10.2. The van der Waals surface area contributed by atoms with E-state index in [9.17, 15) is 4.79 Å². The maximum absolute atomic E-state index is 12.2. The van der Waals surface area contributed by atoms with Gasteiger partial charge in [0, 0.05) is 16.6 Å². The van der Waals surface area contributed by atoms with Crippen LogP contribution in [0.2, 0.25) is 5.02 Å². The molecule has 1 amide bonds. The molecule has 1 fully saturated rings. The van der Waals surface area contributed by atoms with E-state index in [2.05, 4.69) is 15.5 Å². The fraction of sp³-hybridized carbons (Fsp3) is 0.286. The molecule has 1 heterocycles. The molecule has 0 bridgehead atoms. The molecule has 3 rings (SSSR count). The number of halogens is 1. The molecule has 20 heavy (non-hydrogen) atoms. The van der Waals surface area contributed by atoms with E-state index >= 15 is 0 Å². The summed E-state index contributed by atoms with van der Waals surface area (Å²) < 4.78 is 0. The Hall–Kier alpha value is -2.01. The lowest BCUT2D eigenvalue weighted by molar-refractivity contribution is 0.102. The summed E-state index contributed by atoms with van der Waals surface area (Å²) in [4.78, 5) is 12.2. The number of aryl methyl sites for hydroxylation is 1. The minimum Gasteiger partial charge on any atom is -0.395 e. The molecule has 0 spiro atoms. The van der Waals surface area contributed by atoms with Crippen LogP contribution in [-0.4, -0.2) is 16.1 Å². The van der Waals surface area contributed by atoms with Crippen molar-refractivity contribution >= 4 is 28.9 Å². The van der Waals surface area contributed by atoms with Crippen LogP contribution >= 0.6 is 11.6 Å². The van der Waals surface area contributed by atoms with Gasteiger partial charge in [-0.15, -0.1) is 0 Å². The molecule has 0 saturated heterocycles. The minimum atomic E-state index is -0.309. The third-order valence-electron chi connectivity index (χ3n) is 3.47. The van der Waals surface area contributed by atoms with Gasteiger partial charge in [0.2, 0.25) is 0 Å². The van der Waals surface area contributed by atoms with Crippen LogP contribution in [0.15, 0.2) is 18.2 Å². The van der Waals surface area contributed by atoms with Crippen molar-refractivity contribution in [3.8, 4) is 0 Å². The maximum Gasteiger partial charge on any atom is 0.278 e. The summed E-state index contributed by atoms with van der Waals surface area (Å²) in [6.45, 7) is 1.88. The standard InChI is InChI=1S/C14H15ClN4O/c1-7-6-9(15)4-5-10(7)17-14(20)13-11(16)12(18-19-13)8-2-3-8/h4-6,8H,2-3,16H2,1H3,(H,17,20)(H,18,19). The summed E-state index contributed by atoms with van der Waals surface area (Å²) in [6.07, 6.45) is 2.20. The van der Waals surface area contributed by atoms with E-state index in [0.29, 0.717) is 22.3 Å². The summed E-state index contributed by atoms with van der Waals surface area (Å²) in [7, 11) is 0. The lowest BCUT2D eigenvalue weighted by Gasteiger charge is -2.07. The molecule has 2 aromatic rings.